The highest BCUT2D eigenvalue weighted by atomic mass is 35.5. The predicted octanol–water partition coefficient (Wildman–Crippen LogP) is 3.72. The molecule has 0 fully saturated rings. The Kier molecular flexibility index (Phi) is 7.17. The van der Waals surface area contributed by atoms with E-state index in [0.717, 1.165) is 43.1 Å². The van der Waals surface area contributed by atoms with Gasteiger partial charge in [-0.25, -0.2) is 0 Å². The Morgan fingerprint density at radius 2 is 1.90 bits per heavy atom. The summed E-state index contributed by atoms with van der Waals surface area (Å²) in [5.74, 6) is 0. The van der Waals surface area contributed by atoms with Crippen LogP contribution in [0.3, 0.4) is 0 Å². The highest BCUT2D eigenvalue weighted by Crippen LogP contribution is 2.38. The monoisotopic (exact) mass is 314 g/mol. The second-order valence-corrected chi connectivity index (χ2v) is 6.19. The Bertz CT molecular complexity index is 424. The first-order valence-corrected chi connectivity index (χ1v) is 8.48. The van der Waals surface area contributed by atoms with E-state index in [9.17, 15) is 0 Å². The van der Waals surface area contributed by atoms with Crippen molar-refractivity contribution in [3.8, 4) is 0 Å². The van der Waals surface area contributed by atoms with Crippen molar-refractivity contribution in [1.29, 1.82) is 0 Å². The van der Waals surface area contributed by atoms with E-state index in [2.05, 4.69) is 57.1 Å². The fourth-order valence-corrected chi connectivity index (χ4v) is 3.54. The highest BCUT2D eigenvalue weighted by Gasteiger charge is 2.41. The van der Waals surface area contributed by atoms with Crippen LogP contribution in [0.15, 0.2) is 6.20 Å². The lowest BCUT2D eigenvalue weighted by Gasteiger charge is -2.45. The number of nitrogens with zero attached hydrogens (tertiary/aromatic N) is 3. The van der Waals surface area contributed by atoms with Gasteiger partial charge in [0.15, 0.2) is 0 Å². The maximum Gasteiger partial charge on any atom is 0.0834 e. The third kappa shape index (κ3) is 3.61. The number of aryl methyl sites for hydroxylation is 1. The smallest absolute Gasteiger partial charge is 0.0834 e. The van der Waals surface area contributed by atoms with Gasteiger partial charge in [-0.2, -0.15) is 5.10 Å². The quantitative estimate of drug-likeness (QED) is 0.754. The summed E-state index contributed by atoms with van der Waals surface area (Å²) in [4.78, 5) is 2.34. The van der Waals surface area contributed by atoms with E-state index in [1.807, 2.05) is 4.68 Å². The molecule has 0 aliphatic rings. The predicted molar refractivity (Wildman–Crippen MR) is 90.9 cm³/mol. The third-order valence-corrected chi connectivity index (χ3v) is 4.95. The van der Waals surface area contributed by atoms with E-state index in [1.165, 1.54) is 0 Å². The van der Waals surface area contributed by atoms with E-state index in [0.29, 0.717) is 0 Å². The normalized spacial score (nSPS) is 13.9. The third-order valence-electron chi connectivity index (χ3n) is 4.66. The van der Waals surface area contributed by atoms with Crippen LogP contribution in [0.2, 0.25) is 5.02 Å². The van der Waals surface area contributed by atoms with Gasteiger partial charge in [0.1, 0.15) is 0 Å². The molecule has 0 radical (unpaired) electrons. The lowest BCUT2D eigenvalue weighted by molar-refractivity contribution is 0.0840. The van der Waals surface area contributed by atoms with Gasteiger partial charge in [-0.3, -0.25) is 4.68 Å². The summed E-state index contributed by atoms with van der Waals surface area (Å²) < 4.78 is 2.03. The lowest BCUT2D eigenvalue weighted by Crippen LogP contribution is -2.54. The van der Waals surface area contributed by atoms with Crippen molar-refractivity contribution in [1.82, 2.24) is 20.0 Å². The Hall–Kier alpha value is -0.580. The standard InChI is InChI=1S/C16H31ClN4/c1-7-11-18-15(16(8-2,9-3)20(5)6)14-13(17)12-19-21(14)10-4/h12,15,18H,7-11H2,1-6H3. The van der Waals surface area contributed by atoms with Gasteiger partial charge in [-0.1, -0.05) is 32.4 Å². The Morgan fingerprint density at radius 3 is 2.33 bits per heavy atom. The summed E-state index contributed by atoms with van der Waals surface area (Å²) in [6.45, 7) is 10.6. The van der Waals surface area contributed by atoms with Crippen molar-refractivity contribution in [2.75, 3.05) is 20.6 Å². The second kappa shape index (κ2) is 8.16. The number of halogens is 1. The number of likely N-dealkylation sites (N-methyl/N-ethyl adjacent to an activating group) is 1. The molecule has 1 unspecified atom stereocenters. The molecule has 122 valence electrons. The molecule has 0 aromatic carbocycles. The zero-order valence-corrected chi connectivity index (χ0v) is 15.2. The van der Waals surface area contributed by atoms with Gasteiger partial charge in [-0.15, -0.1) is 0 Å². The van der Waals surface area contributed by atoms with Crippen molar-refractivity contribution in [3.05, 3.63) is 16.9 Å². The summed E-state index contributed by atoms with van der Waals surface area (Å²) in [5.41, 5.74) is 1.15. The van der Waals surface area contributed by atoms with E-state index in [4.69, 9.17) is 11.6 Å². The first-order valence-electron chi connectivity index (χ1n) is 8.10. The largest absolute Gasteiger partial charge is 0.307 e. The molecule has 1 aromatic rings. The number of hydrogen-bond acceptors (Lipinski definition) is 3. The second-order valence-electron chi connectivity index (χ2n) is 5.79. The molecule has 4 nitrogen and oxygen atoms in total. The van der Waals surface area contributed by atoms with Crippen LogP contribution in [0.5, 0.6) is 0 Å². The van der Waals surface area contributed by atoms with Gasteiger partial charge in [-0.05, 0) is 46.8 Å². The number of hydrogen-bond donors (Lipinski definition) is 1. The van der Waals surface area contributed by atoms with E-state index in [-0.39, 0.29) is 11.6 Å². The molecule has 0 bridgehead atoms. The summed E-state index contributed by atoms with van der Waals surface area (Å²) in [7, 11) is 4.32. The molecule has 0 saturated heterocycles. The van der Waals surface area contributed by atoms with Crippen molar-refractivity contribution < 1.29 is 0 Å². The molecule has 0 amide bonds. The Labute approximate surface area is 134 Å². The average molecular weight is 315 g/mol. The molecular weight excluding hydrogens is 284 g/mol. The van der Waals surface area contributed by atoms with Gasteiger partial charge in [0.05, 0.1) is 23.0 Å². The molecule has 1 aromatic heterocycles. The minimum Gasteiger partial charge on any atom is -0.307 e. The average Bonchev–Trinajstić information content (AvgIpc) is 2.84. The molecule has 0 aliphatic heterocycles. The molecule has 0 spiro atoms. The fourth-order valence-electron chi connectivity index (χ4n) is 3.29. The molecular formula is C16H31ClN4. The van der Waals surface area contributed by atoms with Crippen LogP contribution in [0.25, 0.3) is 0 Å². The van der Waals surface area contributed by atoms with Gasteiger partial charge in [0, 0.05) is 12.1 Å². The van der Waals surface area contributed by atoms with E-state index >= 15 is 0 Å². The summed E-state index contributed by atoms with van der Waals surface area (Å²) in [5, 5.41) is 8.92. The van der Waals surface area contributed by atoms with Crippen LogP contribution in [0, 0.1) is 0 Å². The molecule has 0 aliphatic carbocycles. The first kappa shape index (κ1) is 18.5. The van der Waals surface area contributed by atoms with Crippen LogP contribution in [-0.2, 0) is 6.54 Å². The van der Waals surface area contributed by atoms with Crippen LogP contribution in [0.1, 0.15) is 58.7 Å². The first-order chi connectivity index (χ1) is 9.98. The number of aromatic nitrogens is 2. The van der Waals surface area contributed by atoms with E-state index < -0.39 is 0 Å². The molecule has 21 heavy (non-hydrogen) atoms. The van der Waals surface area contributed by atoms with Crippen molar-refractivity contribution >= 4 is 11.6 Å². The van der Waals surface area contributed by atoms with E-state index in [1.54, 1.807) is 6.20 Å². The SMILES string of the molecule is CCCNC(c1c(Cl)cnn1CC)C(CC)(CC)N(C)C. The van der Waals surface area contributed by atoms with Crippen molar-refractivity contribution in [3.63, 3.8) is 0 Å². The van der Waals surface area contributed by atoms with Gasteiger partial charge >= 0.3 is 0 Å². The topological polar surface area (TPSA) is 33.1 Å². The summed E-state index contributed by atoms with van der Waals surface area (Å²) in [6.07, 6.45) is 4.99. The van der Waals surface area contributed by atoms with Gasteiger partial charge < -0.3 is 10.2 Å². The summed E-state index contributed by atoms with van der Waals surface area (Å²) in [6, 6.07) is 0.178. The lowest BCUT2D eigenvalue weighted by atomic mass is 9.81. The van der Waals surface area contributed by atoms with Crippen LogP contribution in [-0.4, -0.2) is 40.9 Å². The Morgan fingerprint density at radius 1 is 1.29 bits per heavy atom. The van der Waals surface area contributed by atoms with Crippen LogP contribution >= 0.6 is 11.6 Å². The van der Waals surface area contributed by atoms with Crippen LogP contribution in [0.4, 0.5) is 0 Å². The van der Waals surface area contributed by atoms with Crippen molar-refractivity contribution in [2.24, 2.45) is 0 Å². The zero-order valence-electron chi connectivity index (χ0n) is 14.4. The van der Waals surface area contributed by atoms with Gasteiger partial charge in [0.25, 0.3) is 0 Å². The molecule has 0 saturated carbocycles. The maximum atomic E-state index is 6.48. The maximum absolute atomic E-state index is 6.48. The Balaban J connectivity index is 3.35. The fraction of sp³-hybridized carbons (Fsp3) is 0.812. The molecule has 5 heteroatoms. The molecule has 1 N–H and O–H groups in total. The number of nitrogens with one attached hydrogen (secondary N) is 1. The molecule has 1 atom stereocenters. The minimum absolute atomic E-state index is 0.0335. The highest BCUT2D eigenvalue weighted by molar-refractivity contribution is 6.31. The zero-order chi connectivity index (χ0) is 16.0. The van der Waals surface area contributed by atoms with Crippen LogP contribution < -0.4 is 5.32 Å². The number of rotatable bonds is 9. The van der Waals surface area contributed by atoms with Gasteiger partial charge in [0.2, 0.25) is 0 Å². The molecule has 1 heterocycles. The summed E-state index contributed by atoms with van der Waals surface area (Å²) >= 11 is 6.48. The van der Waals surface area contributed by atoms with Crippen molar-refractivity contribution in [2.45, 2.75) is 65.1 Å². The molecule has 1 rings (SSSR count). The minimum atomic E-state index is 0.0335.